The van der Waals surface area contributed by atoms with E-state index in [4.69, 9.17) is 0 Å². The van der Waals surface area contributed by atoms with Gasteiger partial charge in [-0.1, -0.05) is 46.3 Å². The molecule has 2 N–H and O–H groups in total. The minimum atomic E-state index is -0.348. The summed E-state index contributed by atoms with van der Waals surface area (Å²) in [5, 5.41) is 9.40. The highest BCUT2D eigenvalue weighted by atomic mass is 79.9. The van der Waals surface area contributed by atoms with Crippen molar-refractivity contribution in [3.05, 3.63) is 88.3 Å². The molecule has 0 atom stereocenters. The molecule has 0 bridgehead atoms. The van der Waals surface area contributed by atoms with E-state index in [1.54, 1.807) is 23.2 Å². The van der Waals surface area contributed by atoms with Crippen molar-refractivity contribution < 1.29 is 4.79 Å². The number of rotatable bonds is 5. The Kier molecular flexibility index (Phi) is 4.84. The number of aromatic amines is 1. The number of hydrogen-bond acceptors (Lipinski definition) is 3. The fourth-order valence-electron chi connectivity index (χ4n) is 2.81. The van der Waals surface area contributed by atoms with E-state index in [0.717, 1.165) is 26.5 Å². The van der Waals surface area contributed by atoms with Crippen LogP contribution in [0.5, 0.6) is 0 Å². The summed E-state index contributed by atoms with van der Waals surface area (Å²) in [6, 6.07) is 17.6. The largest absolute Gasteiger partial charge is 0.361 e. The smallest absolute Gasteiger partial charge is 0.291 e. The Morgan fingerprint density at radius 3 is 3.00 bits per heavy atom. The second kappa shape index (κ2) is 7.59. The minimum Gasteiger partial charge on any atom is -0.361 e. The van der Waals surface area contributed by atoms with Gasteiger partial charge in [-0.25, -0.2) is 5.43 Å². The zero-order chi connectivity index (χ0) is 18.6. The predicted octanol–water partition coefficient (Wildman–Crippen LogP) is 3.94. The Morgan fingerprint density at radius 2 is 2.11 bits per heavy atom. The standard InChI is InChI=1S/C20H16BrN5O/c21-16-5-3-4-14(10-16)13-26-9-8-19(25-26)20(27)24-23-12-15-11-22-18-7-2-1-6-17(15)18/h1-12,22H,13H2,(H,24,27)/b23-12+. The first-order chi connectivity index (χ1) is 13.2. The second-order valence-electron chi connectivity index (χ2n) is 6.02. The molecular formula is C20H16BrN5O. The summed E-state index contributed by atoms with van der Waals surface area (Å²) in [5.41, 5.74) is 5.87. The molecular weight excluding hydrogens is 406 g/mol. The lowest BCUT2D eigenvalue weighted by Crippen LogP contribution is -2.18. The van der Waals surface area contributed by atoms with Crippen LogP contribution >= 0.6 is 15.9 Å². The Balaban J connectivity index is 1.41. The van der Waals surface area contributed by atoms with Crippen molar-refractivity contribution in [2.45, 2.75) is 6.54 Å². The lowest BCUT2D eigenvalue weighted by molar-refractivity contribution is 0.0949. The first-order valence-electron chi connectivity index (χ1n) is 8.36. The highest BCUT2D eigenvalue weighted by Gasteiger charge is 2.09. The van der Waals surface area contributed by atoms with Gasteiger partial charge in [0.1, 0.15) is 0 Å². The minimum absolute atomic E-state index is 0.320. The molecule has 2 aromatic carbocycles. The number of carbonyl (C=O) groups excluding carboxylic acids is 1. The first-order valence-corrected chi connectivity index (χ1v) is 9.16. The van der Waals surface area contributed by atoms with E-state index in [0.29, 0.717) is 12.2 Å². The molecule has 0 aliphatic heterocycles. The average Bonchev–Trinajstić information content (AvgIpc) is 3.29. The molecule has 0 radical (unpaired) electrons. The van der Waals surface area contributed by atoms with Crippen LogP contribution < -0.4 is 5.43 Å². The lowest BCUT2D eigenvalue weighted by atomic mass is 10.2. The van der Waals surface area contributed by atoms with Gasteiger partial charge in [0.2, 0.25) is 0 Å². The van der Waals surface area contributed by atoms with Crippen molar-refractivity contribution in [1.82, 2.24) is 20.2 Å². The zero-order valence-electron chi connectivity index (χ0n) is 14.3. The number of amides is 1. The number of benzene rings is 2. The molecule has 0 fully saturated rings. The number of aromatic nitrogens is 3. The van der Waals surface area contributed by atoms with Gasteiger partial charge < -0.3 is 4.98 Å². The van der Waals surface area contributed by atoms with E-state index in [-0.39, 0.29) is 5.91 Å². The van der Waals surface area contributed by atoms with Crippen LogP contribution in [0.3, 0.4) is 0 Å². The van der Waals surface area contributed by atoms with E-state index in [2.05, 4.69) is 36.5 Å². The van der Waals surface area contributed by atoms with Crippen molar-refractivity contribution in [2.75, 3.05) is 0 Å². The molecule has 2 heterocycles. The molecule has 1 amide bonds. The number of para-hydroxylation sites is 1. The molecule has 2 aromatic heterocycles. The molecule has 0 saturated heterocycles. The van der Waals surface area contributed by atoms with Crippen LogP contribution in [0.4, 0.5) is 0 Å². The van der Waals surface area contributed by atoms with Crippen molar-refractivity contribution in [3.63, 3.8) is 0 Å². The van der Waals surface area contributed by atoms with Gasteiger partial charge in [0.05, 0.1) is 12.8 Å². The summed E-state index contributed by atoms with van der Waals surface area (Å²) in [6.07, 6.45) is 5.25. The van der Waals surface area contributed by atoms with Crippen molar-refractivity contribution in [3.8, 4) is 0 Å². The SMILES string of the molecule is O=C(N/N=C/c1c[nH]c2ccccc12)c1ccn(Cc2cccc(Br)c2)n1. The maximum atomic E-state index is 12.2. The second-order valence-corrected chi connectivity index (χ2v) is 6.93. The van der Waals surface area contributed by atoms with Crippen molar-refractivity contribution >= 4 is 39.0 Å². The molecule has 7 heteroatoms. The van der Waals surface area contributed by atoms with E-state index < -0.39 is 0 Å². The molecule has 27 heavy (non-hydrogen) atoms. The highest BCUT2D eigenvalue weighted by Crippen LogP contribution is 2.15. The van der Waals surface area contributed by atoms with E-state index in [1.165, 1.54) is 0 Å². The molecule has 0 aliphatic rings. The fraction of sp³-hybridized carbons (Fsp3) is 0.0500. The Hall–Kier alpha value is -3.19. The number of halogens is 1. The Bertz CT molecular complexity index is 1130. The molecule has 4 rings (SSSR count). The third kappa shape index (κ3) is 3.98. The summed E-state index contributed by atoms with van der Waals surface area (Å²) < 4.78 is 2.73. The topological polar surface area (TPSA) is 75.1 Å². The van der Waals surface area contributed by atoms with Crippen LogP contribution in [0.15, 0.2) is 76.6 Å². The third-order valence-corrected chi connectivity index (χ3v) is 4.59. The highest BCUT2D eigenvalue weighted by molar-refractivity contribution is 9.10. The van der Waals surface area contributed by atoms with Crippen LogP contribution in [0.1, 0.15) is 21.6 Å². The number of carbonyl (C=O) groups is 1. The van der Waals surface area contributed by atoms with Crippen LogP contribution in [0.25, 0.3) is 10.9 Å². The van der Waals surface area contributed by atoms with Crippen molar-refractivity contribution in [1.29, 1.82) is 0 Å². The van der Waals surface area contributed by atoms with Gasteiger partial charge in [0.15, 0.2) is 5.69 Å². The van der Waals surface area contributed by atoms with Gasteiger partial charge in [-0.2, -0.15) is 10.2 Å². The van der Waals surface area contributed by atoms with Gasteiger partial charge in [-0.05, 0) is 29.8 Å². The molecule has 6 nitrogen and oxygen atoms in total. The van der Waals surface area contributed by atoms with Crippen LogP contribution in [0, 0.1) is 0 Å². The predicted molar refractivity (Wildman–Crippen MR) is 109 cm³/mol. The Morgan fingerprint density at radius 1 is 1.22 bits per heavy atom. The van der Waals surface area contributed by atoms with Crippen LogP contribution in [-0.2, 0) is 6.54 Å². The summed E-state index contributed by atoms with van der Waals surface area (Å²) in [6.45, 7) is 0.589. The summed E-state index contributed by atoms with van der Waals surface area (Å²) in [5.74, 6) is -0.348. The fourth-order valence-corrected chi connectivity index (χ4v) is 3.26. The number of hydrogen-bond donors (Lipinski definition) is 2. The number of nitrogens with one attached hydrogen (secondary N) is 2. The summed E-state index contributed by atoms with van der Waals surface area (Å²) >= 11 is 3.45. The van der Waals surface area contributed by atoms with Gasteiger partial charge in [0.25, 0.3) is 5.91 Å². The molecule has 0 saturated carbocycles. The summed E-state index contributed by atoms with van der Waals surface area (Å²) in [7, 11) is 0. The number of hydrazone groups is 1. The summed E-state index contributed by atoms with van der Waals surface area (Å²) in [4.78, 5) is 15.4. The maximum absolute atomic E-state index is 12.2. The zero-order valence-corrected chi connectivity index (χ0v) is 15.8. The van der Waals surface area contributed by atoms with E-state index >= 15 is 0 Å². The van der Waals surface area contributed by atoms with Gasteiger partial charge in [-0.15, -0.1) is 0 Å². The normalized spacial score (nSPS) is 11.3. The molecule has 134 valence electrons. The van der Waals surface area contributed by atoms with Crippen LogP contribution in [-0.4, -0.2) is 26.9 Å². The third-order valence-electron chi connectivity index (χ3n) is 4.10. The first kappa shape index (κ1) is 17.2. The molecule has 0 spiro atoms. The average molecular weight is 422 g/mol. The van der Waals surface area contributed by atoms with E-state index in [9.17, 15) is 4.79 Å². The number of H-pyrrole nitrogens is 1. The number of nitrogens with zero attached hydrogens (tertiary/aromatic N) is 3. The molecule has 0 aliphatic carbocycles. The quantitative estimate of drug-likeness (QED) is 0.378. The molecule has 0 unspecified atom stereocenters. The van der Waals surface area contributed by atoms with Gasteiger partial charge in [-0.3, -0.25) is 9.48 Å². The van der Waals surface area contributed by atoms with Crippen molar-refractivity contribution in [2.24, 2.45) is 5.10 Å². The number of fused-ring (bicyclic) bond motifs is 1. The Labute approximate surface area is 164 Å². The van der Waals surface area contributed by atoms with Crippen LogP contribution in [0.2, 0.25) is 0 Å². The van der Waals surface area contributed by atoms with Gasteiger partial charge in [0, 0.05) is 33.3 Å². The van der Waals surface area contributed by atoms with E-state index in [1.807, 2.05) is 54.7 Å². The van der Waals surface area contributed by atoms with Gasteiger partial charge >= 0.3 is 0 Å². The maximum Gasteiger partial charge on any atom is 0.291 e. The molecule has 4 aromatic rings. The lowest BCUT2D eigenvalue weighted by Gasteiger charge is -2.02. The monoisotopic (exact) mass is 421 g/mol.